The summed E-state index contributed by atoms with van der Waals surface area (Å²) in [5.74, 6) is 1.93. The van der Waals surface area contributed by atoms with Crippen LogP contribution in [0.15, 0.2) is 121 Å². The Morgan fingerprint density at radius 1 is 0.612 bits per heavy atom. The third-order valence-electron chi connectivity index (χ3n) is 10.1. The second-order valence-corrected chi connectivity index (χ2v) is 13.1. The van der Waals surface area contributed by atoms with Gasteiger partial charge in [0, 0.05) is 23.8 Å². The second-order valence-electron chi connectivity index (χ2n) is 13.1. The van der Waals surface area contributed by atoms with Crippen molar-refractivity contribution in [1.82, 2.24) is 9.80 Å². The van der Waals surface area contributed by atoms with Crippen molar-refractivity contribution < 1.29 is 19.3 Å². The quantitative estimate of drug-likeness (QED) is 0.0866. The van der Waals surface area contributed by atoms with Crippen molar-refractivity contribution in [2.75, 3.05) is 32.7 Å². The maximum absolute atomic E-state index is 9.14. The summed E-state index contributed by atoms with van der Waals surface area (Å²) in [5.41, 5.74) is 1.47. The molecule has 2 aliphatic rings. The molecule has 0 atom stereocenters. The van der Waals surface area contributed by atoms with Crippen LogP contribution in [0.1, 0.15) is 25.3 Å². The number of fused-ring (bicyclic) bond motifs is 6. The Morgan fingerprint density at radius 2 is 1.16 bits per heavy atom. The van der Waals surface area contributed by atoms with Crippen LogP contribution in [-0.4, -0.2) is 70.4 Å². The summed E-state index contributed by atoms with van der Waals surface area (Å²) in [6.07, 6.45) is 2.53. The number of benzene rings is 7. The summed E-state index contributed by atoms with van der Waals surface area (Å²) < 4.78 is 7.77. The van der Waals surface area contributed by atoms with Crippen molar-refractivity contribution in [3.63, 3.8) is 0 Å². The van der Waals surface area contributed by atoms with E-state index in [1.165, 1.54) is 70.9 Å². The van der Waals surface area contributed by atoms with Crippen LogP contribution in [0.5, 0.6) is 5.75 Å². The molecule has 0 bridgehead atoms. The fourth-order valence-electron chi connectivity index (χ4n) is 7.91. The van der Waals surface area contributed by atoms with Gasteiger partial charge in [-0.05, 0) is 79.7 Å². The van der Waals surface area contributed by atoms with Crippen molar-refractivity contribution >= 4 is 67.1 Å². The summed E-state index contributed by atoms with van der Waals surface area (Å²) >= 11 is 0. The SMILES string of the molecule is CCN1CCC[N+]2=C1N(Cc1c3ccccc3cc3ccccc13)CCC2.OB(O)Oc1cccc2ccc3cc4ccccc4cc3c12. The number of nitrogens with zero attached hydrogens (tertiary/aromatic N) is 3. The fourth-order valence-corrected chi connectivity index (χ4v) is 7.91. The van der Waals surface area contributed by atoms with Crippen molar-refractivity contribution in [3.05, 3.63) is 127 Å². The summed E-state index contributed by atoms with van der Waals surface area (Å²) in [4.78, 5) is 5.22. The molecular weight excluding hydrogens is 605 g/mol. The van der Waals surface area contributed by atoms with E-state index in [0.29, 0.717) is 5.75 Å². The lowest BCUT2D eigenvalue weighted by molar-refractivity contribution is -0.550. The summed E-state index contributed by atoms with van der Waals surface area (Å²) in [5, 5.41) is 30.1. The van der Waals surface area contributed by atoms with Gasteiger partial charge in [-0.3, -0.25) is 14.4 Å². The number of rotatable bonds is 5. The molecule has 244 valence electrons. The Kier molecular flexibility index (Phi) is 8.54. The Hall–Kier alpha value is -5.11. The van der Waals surface area contributed by atoms with Crippen LogP contribution < -0.4 is 4.65 Å². The highest BCUT2D eigenvalue weighted by Gasteiger charge is 2.34. The van der Waals surface area contributed by atoms with E-state index >= 15 is 0 Å². The van der Waals surface area contributed by atoms with Gasteiger partial charge >= 0.3 is 13.3 Å². The van der Waals surface area contributed by atoms with Crippen LogP contribution in [0, 0.1) is 0 Å². The monoisotopic (exact) mass is 646 g/mol. The average Bonchev–Trinajstić information content (AvgIpc) is 3.13. The smallest absolute Gasteiger partial charge is 0.511 e. The van der Waals surface area contributed by atoms with Gasteiger partial charge in [0.15, 0.2) is 0 Å². The molecule has 7 heteroatoms. The van der Waals surface area contributed by atoms with Gasteiger partial charge in [0.05, 0.1) is 39.3 Å². The number of hydrogen-bond donors (Lipinski definition) is 2. The molecule has 2 aliphatic heterocycles. The normalized spacial score (nSPS) is 14.8. The van der Waals surface area contributed by atoms with Gasteiger partial charge in [-0.25, -0.2) is 0 Å². The Morgan fingerprint density at radius 3 is 1.84 bits per heavy atom. The topological polar surface area (TPSA) is 59.2 Å². The molecule has 0 fully saturated rings. The standard InChI is InChI=1S/C24H28N3.C18H13BO3/c1-2-25-13-7-14-26-15-8-16-27(24(25)26)18-23-21-11-5-3-9-19(21)17-20-10-4-6-12-22(20)23;20-19(21)22-17-7-3-6-12-8-9-15-10-13-4-1-2-5-14(13)11-16(15)18(12)17/h3-6,9-12,17H,2,7-8,13-16,18H2,1H3;1-11,20-21H/q+1;. The summed E-state index contributed by atoms with van der Waals surface area (Å²) in [6, 6.07) is 42.2. The molecule has 0 saturated carbocycles. The minimum atomic E-state index is -1.83. The molecule has 49 heavy (non-hydrogen) atoms. The van der Waals surface area contributed by atoms with Gasteiger partial charge in [-0.1, -0.05) is 97.1 Å². The zero-order chi connectivity index (χ0) is 33.3. The Bertz CT molecular complexity index is 2300. The zero-order valence-corrected chi connectivity index (χ0v) is 27.9. The van der Waals surface area contributed by atoms with E-state index in [9.17, 15) is 0 Å². The number of guanidine groups is 1. The lowest BCUT2D eigenvalue weighted by Gasteiger charge is -2.36. The third-order valence-corrected chi connectivity index (χ3v) is 10.1. The van der Waals surface area contributed by atoms with E-state index < -0.39 is 7.32 Å². The van der Waals surface area contributed by atoms with Crippen LogP contribution in [0.4, 0.5) is 0 Å². The molecule has 0 radical (unpaired) electrons. The molecule has 7 aromatic rings. The Labute approximate surface area is 287 Å². The van der Waals surface area contributed by atoms with Gasteiger partial charge in [0.25, 0.3) is 0 Å². The van der Waals surface area contributed by atoms with Crippen molar-refractivity contribution in [1.29, 1.82) is 0 Å². The molecule has 9 rings (SSSR count). The van der Waals surface area contributed by atoms with Gasteiger partial charge < -0.3 is 14.7 Å². The van der Waals surface area contributed by atoms with Crippen molar-refractivity contribution in [2.24, 2.45) is 0 Å². The first-order valence-corrected chi connectivity index (χ1v) is 17.5. The lowest BCUT2D eigenvalue weighted by atomic mass is 9.96. The van der Waals surface area contributed by atoms with Crippen LogP contribution in [0.25, 0.3) is 53.9 Å². The highest BCUT2D eigenvalue weighted by atomic mass is 16.6. The number of hydrogen-bond acceptors (Lipinski definition) is 5. The zero-order valence-electron chi connectivity index (χ0n) is 27.9. The van der Waals surface area contributed by atoms with E-state index in [0.717, 1.165) is 46.6 Å². The lowest BCUT2D eigenvalue weighted by Crippen LogP contribution is -2.56. The van der Waals surface area contributed by atoms with Crippen LogP contribution >= 0.6 is 0 Å². The highest BCUT2D eigenvalue weighted by Crippen LogP contribution is 2.35. The minimum Gasteiger partial charge on any atom is -0.511 e. The van der Waals surface area contributed by atoms with E-state index in [2.05, 4.69) is 106 Å². The molecular formula is C42H41BN3O3+. The average molecular weight is 647 g/mol. The van der Waals surface area contributed by atoms with Gasteiger partial charge in [0.2, 0.25) is 0 Å². The minimum absolute atomic E-state index is 0.466. The van der Waals surface area contributed by atoms with E-state index in [1.54, 1.807) is 6.07 Å². The van der Waals surface area contributed by atoms with E-state index in [-0.39, 0.29) is 0 Å². The molecule has 2 heterocycles. The summed E-state index contributed by atoms with van der Waals surface area (Å²) in [6.45, 7) is 9.13. The molecule has 6 nitrogen and oxygen atoms in total. The first-order valence-electron chi connectivity index (χ1n) is 17.5. The van der Waals surface area contributed by atoms with Crippen LogP contribution in [0.2, 0.25) is 0 Å². The molecule has 2 N–H and O–H groups in total. The molecule has 0 aromatic heterocycles. The van der Waals surface area contributed by atoms with Gasteiger partial charge in [-0.2, -0.15) is 0 Å². The third kappa shape index (κ3) is 6.05. The first-order chi connectivity index (χ1) is 24.1. The predicted molar refractivity (Wildman–Crippen MR) is 203 cm³/mol. The molecule has 0 amide bonds. The molecule has 0 saturated heterocycles. The molecule has 0 spiro atoms. The van der Waals surface area contributed by atoms with Gasteiger partial charge in [0.1, 0.15) is 5.75 Å². The maximum atomic E-state index is 9.14. The summed E-state index contributed by atoms with van der Waals surface area (Å²) in [7, 11) is -1.83. The predicted octanol–water partition coefficient (Wildman–Crippen LogP) is 7.79. The van der Waals surface area contributed by atoms with Crippen molar-refractivity contribution in [2.45, 2.75) is 26.3 Å². The van der Waals surface area contributed by atoms with Crippen LogP contribution in [-0.2, 0) is 6.54 Å². The largest absolute Gasteiger partial charge is 0.707 e. The van der Waals surface area contributed by atoms with E-state index in [1.807, 2.05) is 30.3 Å². The van der Waals surface area contributed by atoms with Crippen LogP contribution in [0.3, 0.4) is 0 Å². The Balaban J connectivity index is 0.000000145. The molecule has 0 aliphatic carbocycles. The van der Waals surface area contributed by atoms with Gasteiger partial charge in [-0.15, -0.1) is 0 Å². The van der Waals surface area contributed by atoms with Crippen molar-refractivity contribution in [3.8, 4) is 5.75 Å². The molecule has 0 unspecified atom stereocenters. The molecule has 7 aromatic carbocycles. The van der Waals surface area contributed by atoms with E-state index in [4.69, 9.17) is 14.7 Å². The highest BCUT2D eigenvalue weighted by molar-refractivity contribution is 6.34. The fraction of sp³-hybridized carbons (Fsp3) is 0.214. The second kappa shape index (κ2) is 13.4. The maximum Gasteiger partial charge on any atom is 0.707 e. The first kappa shape index (κ1) is 31.2.